The molecular weight excluding hydrogens is 244 g/mol. The fraction of sp³-hybridized carbons (Fsp3) is 0.643. The van der Waals surface area contributed by atoms with Crippen molar-refractivity contribution in [3.05, 3.63) is 24.2 Å². The highest BCUT2D eigenvalue weighted by molar-refractivity contribution is 5.93. The maximum absolute atomic E-state index is 12.4. The smallest absolute Gasteiger partial charge is 0.257 e. The number of hydrogen-bond donors (Lipinski definition) is 0. The van der Waals surface area contributed by atoms with Gasteiger partial charge in [0, 0.05) is 25.0 Å². The van der Waals surface area contributed by atoms with Crippen LogP contribution >= 0.6 is 0 Å². The third-order valence-corrected chi connectivity index (χ3v) is 4.12. The minimum Gasteiger partial charge on any atom is -0.472 e. The SMILES string of the molecule is CN1CCC2(COCCN(C(=O)c3ccoc3)C2)C1. The zero-order chi connectivity index (χ0) is 13.3. The van der Waals surface area contributed by atoms with Crippen molar-refractivity contribution >= 4 is 5.91 Å². The Morgan fingerprint density at radius 3 is 2.95 bits per heavy atom. The van der Waals surface area contributed by atoms with E-state index < -0.39 is 0 Å². The largest absolute Gasteiger partial charge is 0.472 e. The van der Waals surface area contributed by atoms with E-state index in [1.165, 1.54) is 6.26 Å². The Morgan fingerprint density at radius 2 is 2.26 bits per heavy atom. The molecule has 5 heteroatoms. The van der Waals surface area contributed by atoms with Gasteiger partial charge in [0.25, 0.3) is 5.91 Å². The number of furan rings is 1. The molecule has 1 spiro atoms. The number of nitrogens with zero attached hydrogens (tertiary/aromatic N) is 2. The van der Waals surface area contributed by atoms with E-state index in [4.69, 9.17) is 9.15 Å². The van der Waals surface area contributed by atoms with E-state index in [0.29, 0.717) is 18.7 Å². The monoisotopic (exact) mass is 264 g/mol. The summed E-state index contributed by atoms with van der Waals surface area (Å²) in [5.74, 6) is 0.0492. The lowest BCUT2D eigenvalue weighted by Crippen LogP contribution is -2.43. The van der Waals surface area contributed by atoms with Crippen molar-refractivity contribution in [1.82, 2.24) is 9.80 Å². The first kappa shape index (κ1) is 12.7. The third kappa shape index (κ3) is 2.53. The van der Waals surface area contributed by atoms with Crippen LogP contribution in [0.5, 0.6) is 0 Å². The number of rotatable bonds is 1. The van der Waals surface area contributed by atoms with Crippen LogP contribution in [0.1, 0.15) is 16.8 Å². The molecule has 0 aliphatic carbocycles. The molecule has 0 bridgehead atoms. The lowest BCUT2D eigenvalue weighted by Gasteiger charge is -2.31. The maximum Gasteiger partial charge on any atom is 0.257 e. The van der Waals surface area contributed by atoms with Gasteiger partial charge in [-0.3, -0.25) is 4.79 Å². The van der Waals surface area contributed by atoms with Crippen molar-refractivity contribution in [3.8, 4) is 0 Å². The summed E-state index contributed by atoms with van der Waals surface area (Å²) in [6, 6.07) is 1.72. The molecule has 104 valence electrons. The van der Waals surface area contributed by atoms with E-state index in [9.17, 15) is 4.79 Å². The van der Waals surface area contributed by atoms with Gasteiger partial charge in [0.15, 0.2) is 0 Å². The molecule has 2 aliphatic heterocycles. The van der Waals surface area contributed by atoms with Crippen molar-refractivity contribution in [1.29, 1.82) is 0 Å². The second kappa shape index (κ2) is 4.98. The summed E-state index contributed by atoms with van der Waals surface area (Å²) in [6.07, 6.45) is 4.15. The Morgan fingerprint density at radius 1 is 1.37 bits per heavy atom. The van der Waals surface area contributed by atoms with E-state index in [0.717, 1.165) is 32.7 Å². The van der Waals surface area contributed by atoms with Gasteiger partial charge in [-0.1, -0.05) is 0 Å². The van der Waals surface area contributed by atoms with Gasteiger partial charge in [-0.2, -0.15) is 0 Å². The Hall–Kier alpha value is -1.33. The predicted octanol–water partition coefficient (Wildman–Crippen LogP) is 1.07. The number of amides is 1. The maximum atomic E-state index is 12.4. The Bertz CT molecular complexity index is 446. The summed E-state index contributed by atoms with van der Waals surface area (Å²) in [7, 11) is 2.13. The van der Waals surface area contributed by atoms with Crippen molar-refractivity contribution in [2.24, 2.45) is 5.41 Å². The molecule has 0 aromatic carbocycles. The van der Waals surface area contributed by atoms with Crippen LogP contribution in [0.2, 0.25) is 0 Å². The second-order valence-electron chi connectivity index (χ2n) is 5.78. The zero-order valence-corrected chi connectivity index (χ0v) is 11.3. The van der Waals surface area contributed by atoms with Crippen LogP contribution in [-0.2, 0) is 4.74 Å². The average Bonchev–Trinajstić information content (AvgIpc) is 2.98. The lowest BCUT2D eigenvalue weighted by atomic mass is 9.87. The van der Waals surface area contributed by atoms with Crippen LogP contribution in [0.25, 0.3) is 0 Å². The van der Waals surface area contributed by atoms with Crippen molar-refractivity contribution in [2.45, 2.75) is 6.42 Å². The standard InChI is InChI=1S/C14H20N2O3/c1-15-4-3-14(9-15)10-16(5-7-19-11-14)13(17)12-2-6-18-8-12/h2,6,8H,3-5,7,9-11H2,1H3. The minimum atomic E-state index is 0.0492. The molecule has 0 radical (unpaired) electrons. The molecule has 1 unspecified atom stereocenters. The quantitative estimate of drug-likeness (QED) is 0.761. The van der Waals surface area contributed by atoms with Gasteiger partial charge in [-0.15, -0.1) is 0 Å². The van der Waals surface area contributed by atoms with Gasteiger partial charge in [0.2, 0.25) is 0 Å². The molecule has 0 N–H and O–H groups in total. The molecule has 2 saturated heterocycles. The molecule has 3 rings (SSSR count). The van der Waals surface area contributed by atoms with E-state index in [-0.39, 0.29) is 11.3 Å². The molecule has 19 heavy (non-hydrogen) atoms. The molecule has 1 amide bonds. The van der Waals surface area contributed by atoms with Gasteiger partial charge in [0.05, 0.1) is 25.0 Å². The lowest BCUT2D eigenvalue weighted by molar-refractivity contribution is 0.0658. The van der Waals surface area contributed by atoms with Gasteiger partial charge < -0.3 is 19.0 Å². The first-order valence-electron chi connectivity index (χ1n) is 6.76. The third-order valence-electron chi connectivity index (χ3n) is 4.12. The van der Waals surface area contributed by atoms with Gasteiger partial charge in [-0.05, 0) is 26.1 Å². The average molecular weight is 264 g/mol. The molecule has 1 aromatic heterocycles. The fourth-order valence-corrected chi connectivity index (χ4v) is 3.14. The Kier molecular flexibility index (Phi) is 3.33. The molecule has 0 saturated carbocycles. The van der Waals surface area contributed by atoms with E-state index >= 15 is 0 Å². The number of ether oxygens (including phenoxy) is 1. The van der Waals surface area contributed by atoms with Crippen molar-refractivity contribution < 1.29 is 13.9 Å². The Balaban J connectivity index is 1.76. The first-order chi connectivity index (χ1) is 9.19. The predicted molar refractivity (Wildman–Crippen MR) is 70.0 cm³/mol. The first-order valence-corrected chi connectivity index (χ1v) is 6.76. The van der Waals surface area contributed by atoms with Crippen molar-refractivity contribution in [3.63, 3.8) is 0 Å². The van der Waals surface area contributed by atoms with E-state index in [1.807, 2.05) is 4.90 Å². The summed E-state index contributed by atoms with van der Waals surface area (Å²) in [4.78, 5) is 16.7. The molecule has 5 nitrogen and oxygen atoms in total. The van der Waals surface area contributed by atoms with E-state index in [1.54, 1.807) is 12.3 Å². The summed E-state index contributed by atoms with van der Waals surface area (Å²) >= 11 is 0. The summed E-state index contributed by atoms with van der Waals surface area (Å²) in [5.41, 5.74) is 0.730. The van der Waals surface area contributed by atoms with Crippen LogP contribution in [0.4, 0.5) is 0 Å². The zero-order valence-electron chi connectivity index (χ0n) is 11.3. The van der Waals surface area contributed by atoms with Gasteiger partial charge >= 0.3 is 0 Å². The van der Waals surface area contributed by atoms with E-state index in [2.05, 4.69) is 11.9 Å². The molecule has 3 heterocycles. The summed E-state index contributed by atoms with van der Waals surface area (Å²) in [5, 5.41) is 0. The van der Waals surface area contributed by atoms with Gasteiger partial charge in [0.1, 0.15) is 6.26 Å². The topological polar surface area (TPSA) is 45.9 Å². The van der Waals surface area contributed by atoms with Crippen LogP contribution in [0, 0.1) is 5.41 Å². The van der Waals surface area contributed by atoms with Crippen molar-refractivity contribution in [2.75, 3.05) is 46.4 Å². The highest BCUT2D eigenvalue weighted by atomic mass is 16.5. The van der Waals surface area contributed by atoms with Crippen LogP contribution in [0.15, 0.2) is 23.0 Å². The molecule has 2 aliphatic rings. The van der Waals surface area contributed by atoms with Crippen LogP contribution in [-0.4, -0.2) is 62.1 Å². The second-order valence-corrected chi connectivity index (χ2v) is 5.78. The molecular formula is C14H20N2O3. The number of likely N-dealkylation sites (tertiary alicyclic amines) is 1. The summed E-state index contributed by atoms with van der Waals surface area (Å²) in [6.45, 7) is 4.90. The number of hydrogen-bond acceptors (Lipinski definition) is 4. The number of carbonyl (C=O) groups excluding carboxylic acids is 1. The highest BCUT2D eigenvalue weighted by Gasteiger charge is 2.41. The molecule has 2 fully saturated rings. The molecule has 1 atom stereocenters. The fourth-order valence-electron chi connectivity index (χ4n) is 3.14. The highest BCUT2D eigenvalue weighted by Crippen LogP contribution is 2.33. The minimum absolute atomic E-state index is 0.0492. The Labute approximate surface area is 113 Å². The van der Waals surface area contributed by atoms with Crippen LogP contribution < -0.4 is 0 Å². The van der Waals surface area contributed by atoms with Gasteiger partial charge in [-0.25, -0.2) is 0 Å². The normalized spacial score (nSPS) is 28.8. The summed E-state index contributed by atoms with van der Waals surface area (Å²) < 4.78 is 10.7. The number of carbonyl (C=O) groups is 1. The molecule has 1 aromatic rings. The van der Waals surface area contributed by atoms with Crippen LogP contribution in [0.3, 0.4) is 0 Å².